The van der Waals surface area contributed by atoms with Crippen LogP contribution in [0.4, 0.5) is 0 Å². The molecule has 2 fully saturated rings. The van der Waals surface area contributed by atoms with Gasteiger partial charge in [-0.15, -0.1) is 0 Å². The minimum atomic E-state index is -0.405. The highest BCUT2D eigenvalue weighted by Crippen LogP contribution is 2.37. The molecule has 25 heavy (non-hydrogen) atoms. The van der Waals surface area contributed by atoms with Crippen molar-refractivity contribution in [1.29, 1.82) is 0 Å². The Hall–Kier alpha value is -0.825. The zero-order valence-electron chi connectivity index (χ0n) is 15.8. The molecule has 2 aliphatic heterocycles. The van der Waals surface area contributed by atoms with Crippen molar-refractivity contribution in [2.45, 2.75) is 64.2 Å². The first-order valence-corrected chi connectivity index (χ1v) is 9.89. The van der Waals surface area contributed by atoms with E-state index < -0.39 is 7.12 Å². The molecule has 0 unspecified atom stereocenters. The maximum atomic E-state index is 11.5. The summed E-state index contributed by atoms with van der Waals surface area (Å²) in [4.78, 5) is 11.5. The van der Waals surface area contributed by atoms with Gasteiger partial charge in [0.1, 0.15) is 0 Å². The van der Waals surface area contributed by atoms with Crippen LogP contribution in [-0.2, 0) is 19.6 Å². The van der Waals surface area contributed by atoms with Crippen LogP contribution in [0.25, 0.3) is 0 Å². The number of nitrogens with zero attached hydrogens (tertiary/aromatic N) is 2. The summed E-state index contributed by atoms with van der Waals surface area (Å²) in [7, 11) is -0.405. The van der Waals surface area contributed by atoms with E-state index in [0.717, 1.165) is 37.1 Å². The Morgan fingerprint density at radius 2 is 1.88 bits per heavy atom. The number of thioether (sulfide) groups is 1. The van der Waals surface area contributed by atoms with Crippen molar-refractivity contribution < 1.29 is 14.1 Å². The SMILES string of the molecule is CC(=O)SCC1(n2cc(B3OC(C)(C)C(C)(C)O3)cn2)CCNCC1. The van der Waals surface area contributed by atoms with Gasteiger partial charge >= 0.3 is 7.12 Å². The second-order valence-electron chi connectivity index (χ2n) is 8.06. The molecule has 138 valence electrons. The Bertz CT molecular complexity index is 625. The highest BCUT2D eigenvalue weighted by atomic mass is 32.2. The molecule has 0 spiro atoms. The summed E-state index contributed by atoms with van der Waals surface area (Å²) in [6.45, 7) is 11.7. The van der Waals surface area contributed by atoms with Crippen LogP contribution in [0.2, 0.25) is 0 Å². The molecule has 3 heterocycles. The minimum Gasteiger partial charge on any atom is -0.399 e. The van der Waals surface area contributed by atoms with Gasteiger partial charge in [0.2, 0.25) is 0 Å². The van der Waals surface area contributed by atoms with E-state index in [4.69, 9.17) is 9.31 Å². The van der Waals surface area contributed by atoms with Crippen LogP contribution >= 0.6 is 11.8 Å². The van der Waals surface area contributed by atoms with Gasteiger partial charge in [-0.3, -0.25) is 9.48 Å². The van der Waals surface area contributed by atoms with Gasteiger partial charge in [0, 0.05) is 30.5 Å². The highest BCUT2D eigenvalue weighted by molar-refractivity contribution is 8.13. The summed E-state index contributed by atoms with van der Waals surface area (Å²) in [5.41, 5.74) is 0.0704. The fourth-order valence-corrected chi connectivity index (χ4v) is 4.16. The molecule has 3 rings (SSSR count). The van der Waals surface area contributed by atoms with Gasteiger partial charge in [-0.2, -0.15) is 5.10 Å². The van der Waals surface area contributed by atoms with Crippen LogP contribution in [0.5, 0.6) is 0 Å². The van der Waals surface area contributed by atoms with Crippen molar-refractivity contribution in [3.8, 4) is 0 Å². The van der Waals surface area contributed by atoms with Crippen LogP contribution in [0, 0.1) is 0 Å². The molecular formula is C17H28BN3O3S. The fraction of sp³-hybridized carbons (Fsp3) is 0.765. The molecule has 0 saturated carbocycles. The number of piperidine rings is 1. The maximum Gasteiger partial charge on any atom is 0.498 e. The number of hydrogen-bond acceptors (Lipinski definition) is 6. The first-order chi connectivity index (χ1) is 11.7. The predicted molar refractivity (Wildman–Crippen MR) is 101 cm³/mol. The molecule has 1 aromatic rings. The van der Waals surface area contributed by atoms with E-state index in [1.54, 1.807) is 6.92 Å². The van der Waals surface area contributed by atoms with Gasteiger partial charge in [-0.1, -0.05) is 11.8 Å². The number of rotatable bonds is 4. The third kappa shape index (κ3) is 3.67. The standard InChI is InChI=1S/C17H28BN3O3S/c1-13(22)25-12-17(6-8-19-9-7-17)21-11-14(10-20-21)18-23-15(2,3)16(4,5)24-18/h10-11,19H,6-9,12H2,1-5H3. The molecule has 1 N–H and O–H groups in total. The Morgan fingerprint density at radius 3 is 2.44 bits per heavy atom. The summed E-state index contributed by atoms with van der Waals surface area (Å²) in [5, 5.41) is 8.18. The number of aromatic nitrogens is 2. The Balaban J connectivity index is 1.82. The van der Waals surface area contributed by atoms with E-state index in [0.29, 0.717) is 0 Å². The van der Waals surface area contributed by atoms with E-state index >= 15 is 0 Å². The predicted octanol–water partition coefficient (Wildman–Crippen LogP) is 1.54. The van der Waals surface area contributed by atoms with Crippen molar-refractivity contribution in [3.05, 3.63) is 12.4 Å². The highest BCUT2D eigenvalue weighted by Gasteiger charge is 2.52. The second kappa shape index (κ2) is 6.72. The van der Waals surface area contributed by atoms with Gasteiger partial charge < -0.3 is 14.6 Å². The van der Waals surface area contributed by atoms with Crippen LogP contribution in [0.15, 0.2) is 12.4 Å². The van der Waals surface area contributed by atoms with E-state index in [1.165, 1.54) is 11.8 Å². The van der Waals surface area contributed by atoms with Crippen molar-refractivity contribution in [2.24, 2.45) is 0 Å². The molecule has 0 bridgehead atoms. The first kappa shape index (κ1) is 19.0. The summed E-state index contributed by atoms with van der Waals surface area (Å²) in [6, 6.07) is 0. The van der Waals surface area contributed by atoms with Crippen LogP contribution in [0.3, 0.4) is 0 Å². The summed E-state index contributed by atoms with van der Waals surface area (Å²) in [6.07, 6.45) is 5.79. The molecule has 8 heteroatoms. The van der Waals surface area contributed by atoms with Crippen LogP contribution in [-0.4, -0.2) is 52.1 Å². The van der Waals surface area contributed by atoms with Gasteiger partial charge in [0.25, 0.3) is 0 Å². The lowest BCUT2D eigenvalue weighted by atomic mass is 9.81. The topological polar surface area (TPSA) is 65.4 Å². The smallest absolute Gasteiger partial charge is 0.399 e. The number of hydrogen-bond donors (Lipinski definition) is 1. The minimum absolute atomic E-state index is 0.135. The lowest BCUT2D eigenvalue weighted by Gasteiger charge is -2.37. The first-order valence-electron chi connectivity index (χ1n) is 8.90. The lowest BCUT2D eigenvalue weighted by molar-refractivity contribution is -0.109. The van der Waals surface area contributed by atoms with Gasteiger partial charge in [0.05, 0.1) is 16.7 Å². The molecule has 2 aliphatic rings. The number of carbonyl (C=O) groups is 1. The van der Waals surface area contributed by atoms with Gasteiger partial charge in [-0.25, -0.2) is 0 Å². The third-order valence-corrected chi connectivity index (χ3v) is 6.78. The van der Waals surface area contributed by atoms with E-state index in [-0.39, 0.29) is 21.9 Å². The average molecular weight is 365 g/mol. The zero-order chi connectivity index (χ0) is 18.3. The van der Waals surface area contributed by atoms with E-state index in [2.05, 4.69) is 38.1 Å². The molecular weight excluding hydrogens is 337 g/mol. The zero-order valence-corrected chi connectivity index (χ0v) is 16.6. The van der Waals surface area contributed by atoms with Crippen molar-refractivity contribution in [2.75, 3.05) is 18.8 Å². The Labute approximate surface area is 154 Å². The Morgan fingerprint density at radius 1 is 1.28 bits per heavy atom. The average Bonchev–Trinajstić information content (AvgIpc) is 3.10. The summed E-state index contributed by atoms with van der Waals surface area (Å²) >= 11 is 1.38. The van der Waals surface area contributed by atoms with Crippen LogP contribution < -0.4 is 10.8 Å². The van der Waals surface area contributed by atoms with Crippen LogP contribution in [0.1, 0.15) is 47.5 Å². The second-order valence-corrected chi connectivity index (χ2v) is 9.21. The number of carbonyl (C=O) groups excluding carboxylic acids is 1. The summed E-state index contributed by atoms with van der Waals surface area (Å²) < 4.78 is 14.3. The molecule has 6 nitrogen and oxygen atoms in total. The number of nitrogens with one attached hydrogen (secondary N) is 1. The molecule has 2 saturated heterocycles. The van der Waals surface area contributed by atoms with Crippen molar-refractivity contribution >= 4 is 29.5 Å². The van der Waals surface area contributed by atoms with Gasteiger partial charge in [-0.05, 0) is 53.6 Å². The molecule has 0 amide bonds. The fourth-order valence-electron chi connectivity index (χ4n) is 3.26. The quantitative estimate of drug-likeness (QED) is 0.817. The largest absolute Gasteiger partial charge is 0.498 e. The molecule has 0 radical (unpaired) electrons. The lowest BCUT2D eigenvalue weighted by Crippen LogP contribution is -2.47. The Kier molecular flexibility index (Phi) is 5.10. The van der Waals surface area contributed by atoms with E-state index in [9.17, 15) is 4.79 Å². The van der Waals surface area contributed by atoms with Gasteiger partial charge in [0.15, 0.2) is 5.12 Å². The molecule has 1 aromatic heterocycles. The monoisotopic (exact) mass is 365 g/mol. The molecule has 0 aliphatic carbocycles. The molecule has 0 atom stereocenters. The van der Waals surface area contributed by atoms with Crippen molar-refractivity contribution in [1.82, 2.24) is 15.1 Å². The maximum absolute atomic E-state index is 11.5. The molecule has 0 aromatic carbocycles. The normalized spacial score (nSPS) is 24.4. The van der Waals surface area contributed by atoms with Crippen molar-refractivity contribution in [3.63, 3.8) is 0 Å². The van der Waals surface area contributed by atoms with E-state index in [1.807, 2.05) is 17.1 Å². The summed E-state index contributed by atoms with van der Waals surface area (Å²) in [5.74, 6) is 0.745. The third-order valence-electron chi connectivity index (χ3n) is 5.69.